The number of ether oxygens (including phenoxy) is 1. The molecule has 2 nitrogen and oxygen atoms in total. The molecule has 0 aromatic rings. The summed E-state index contributed by atoms with van der Waals surface area (Å²) in [4.78, 5) is 11.5. The smallest absolute Gasteiger partial charge is 0.316 e. The first-order chi connectivity index (χ1) is 8.84. The van der Waals surface area contributed by atoms with Gasteiger partial charge in [-0.15, -0.1) is 0 Å². The van der Waals surface area contributed by atoms with Gasteiger partial charge in [0.1, 0.15) is 0 Å². The lowest BCUT2D eigenvalue weighted by atomic mass is 10.1. The van der Waals surface area contributed by atoms with E-state index in [0.717, 1.165) is 6.42 Å². The highest BCUT2D eigenvalue weighted by molar-refractivity contribution is 5.77. The summed E-state index contributed by atoms with van der Waals surface area (Å²) in [6.45, 7) is 2.81. The van der Waals surface area contributed by atoms with Gasteiger partial charge in [0.15, 0.2) is 0 Å². The third-order valence-electron chi connectivity index (χ3n) is 3.26. The number of allylic oxidation sites excluding steroid dienone is 2. The molecule has 0 radical (unpaired) electrons. The molecule has 0 unspecified atom stereocenters. The molecule has 0 fully saturated rings. The van der Waals surface area contributed by atoms with E-state index in [0.29, 0.717) is 6.61 Å². The SMILES string of the molecule is CCCCCCCCCCOC(=O)C1C=CC=C1. The van der Waals surface area contributed by atoms with Crippen molar-refractivity contribution < 1.29 is 9.53 Å². The van der Waals surface area contributed by atoms with Crippen molar-refractivity contribution in [3.05, 3.63) is 24.3 Å². The van der Waals surface area contributed by atoms with Gasteiger partial charge in [-0.05, 0) is 6.42 Å². The molecule has 0 heterocycles. The Bertz CT molecular complexity index is 267. The second-order valence-corrected chi connectivity index (χ2v) is 4.94. The zero-order valence-corrected chi connectivity index (χ0v) is 11.6. The number of hydrogen-bond donors (Lipinski definition) is 0. The molecule has 18 heavy (non-hydrogen) atoms. The Hall–Kier alpha value is -1.05. The summed E-state index contributed by atoms with van der Waals surface area (Å²) < 4.78 is 5.23. The molecular weight excluding hydrogens is 224 g/mol. The highest BCUT2D eigenvalue weighted by Crippen LogP contribution is 2.12. The van der Waals surface area contributed by atoms with Crippen LogP contribution >= 0.6 is 0 Å². The van der Waals surface area contributed by atoms with Crippen molar-refractivity contribution in [1.82, 2.24) is 0 Å². The minimum absolute atomic E-state index is 0.108. The highest BCUT2D eigenvalue weighted by atomic mass is 16.5. The summed E-state index contributed by atoms with van der Waals surface area (Å²) in [6.07, 6.45) is 17.7. The molecule has 1 aliphatic carbocycles. The summed E-state index contributed by atoms with van der Waals surface area (Å²) in [5, 5.41) is 0. The van der Waals surface area contributed by atoms with E-state index in [-0.39, 0.29) is 11.9 Å². The van der Waals surface area contributed by atoms with Crippen molar-refractivity contribution in [1.29, 1.82) is 0 Å². The van der Waals surface area contributed by atoms with E-state index < -0.39 is 0 Å². The van der Waals surface area contributed by atoms with E-state index in [4.69, 9.17) is 4.74 Å². The van der Waals surface area contributed by atoms with E-state index in [2.05, 4.69) is 6.92 Å². The first kappa shape index (κ1) is 15.0. The Morgan fingerprint density at radius 3 is 2.11 bits per heavy atom. The fourth-order valence-electron chi connectivity index (χ4n) is 2.09. The maximum absolute atomic E-state index is 11.5. The molecule has 0 spiro atoms. The number of carbonyl (C=O) groups is 1. The topological polar surface area (TPSA) is 26.3 Å². The van der Waals surface area contributed by atoms with Crippen LogP contribution in [-0.2, 0) is 9.53 Å². The number of esters is 1. The van der Waals surface area contributed by atoms with Crippen LogP contribution in [0.1, 0.15) is 58.3 Å². The molecule has 0 atom stereocenters. The lowest BCUT2D eigenvalue weighted by Gasteiger charge is -2.07. The van der Waals surface area contributed by atoms with Gasteiger partial charge in [0, 0.05) is 0 Å². The van der Waals surface area contributed by atoms with Gasteiger partial charge in [0.2, 0.25) is 0 Å². The summed E-state index contributed by atoms with van der Waals surface area (Å²) in [6, 6.07) is 0. The van der Waals surface area contributed by atoms with Crippen molar-refractivity contribution in [2.24, 2.45) is 5.92 Å². The zero-order chi connectivity index (χ0) is 13.1. The normalized spacial score (nSPS) is 14.3. The van der Waals surface area contributed by atoms with Crippen LogP contribution in [0.4, 0.5) is 0 Å². The lowest BCUT2D eigenvalue weighted by Crippen LogP contribution is -2.13. The summed E-state index contributed by atoms with van der Waals surface area (Å²) in [5.41, 5.74) is 0. The van der Waals surface area contributed by atoms with E-state index in [9.17, 15) is 4.79 Å². The average Bonchev–Trinajstić information content (AvgIpc) is 2.90. The van der Waals surface area contributed by atoms with Crippen molar-refractivity contribution in [3.8, 4) is 0 Å². The Morgan fingerprint density at radius 1 is 0.944 bits per heavy atom. The predicted octanol–water partition coefficient (Wildman–Crippen LogP) is 4.41. The van der Waals surface area contributed by atoms with Crippen LogP contribution in [-0.4, -0.2) is 12.6 Å². The maximum atomic E-state index is 11.5. The van der Waals surface area contributed by atoms with Crippen molar-refractivity contribution in [2.45, 2.75) is 58.3 Å². The van der Waals surface area contributed by atoms with Crippen molar-refractivity contribution in [3.63, 3.8) is 0 Å². The van der Waals surface area contributed by atoms with Gasteiger partial charge in [-0.2, -0.15) is 0 Å². The molecule has 0 aromatic carbocycles. The number of rotatable bonds is 10. The van der Waals surface area contributed by atoms with Gasteiger partial charge < -0.3 is 4.74 Å². The van der Waals surface area contributed by atoms with Crippen LogP contribution in [0.2, 0.25) is 0 Å². The molecule has 0 saturated carbocycles. The van der Waals surface area contributed by atoms with Crippen LogP contribution in [0.3, 0.4) is 0 Å². The van der Waals surface area contributed by atoms with Gasteiger partial charge in [-0.3, -0.25) is 4.79 Å². The Labute approximate surface area is 111 Å². The van der Waals surface area contributed by atoms with Crippen LogP contribution in [0.25, 0.3) is 0 Å². The molecule has 1 aliphatic rings. The largest absolute Gasteiger partial charge is 0.465 e. The average molecular weight is 250 g/mol. The molecule has 2 heteroatoms. The van der Waals surface area contributed by atoms with E-state index in [1.54, 1.807) is 0 Å². The van der Waals surface area contributed by atoms with Crippen LogP contribution in [0.5, 0.6) is 0 Å². The fraction of sp³-hybridized carbons (Fsp3) is 0.688. The lowest BCUT2D eigenvalue weighted by molar-refractivity contribution is -0.145. The zero-order valence-electron chi connectivity index (χ0n) is 11.6. The standard InChI is InChI=1S/C16H26O2/c1-2-3-4-5-6-7-8-11-14-18-16(17)15-12-9-10-13-15/h9-10,12-13,15H,2-8,11,14H2,1H3. The Balaban J connectivity index is 1.85. The number of unbranched alkanes of at least 4 members (excludes halogenated alkanes) is 7. The van der Waals surface area contributed by atoms with E-state index >= 15 is 0 Å². The second-order valence-electron chi connectivity index (χ2n) is 4.94. The van der Waals surface area contributed by atoms with E-state index in [1.807, 2.05) is 24.3 Å². The quantitative estimate of drug-likeness (QED) is 0.424. The van der Waals surface area contributed by atoms with Crippen molar-refractivity contribution in [2.75, 3.05) is 6.61 Å². The summed E-state index contributed by atoms with van der Waals surface area (Å²) in [7, 11) is 0. The second kappa shape index (κ2) is 9.93. The molecule has 102 valence electrons. The number of hydrogen-bond acceptors (Lipinski definition) is 2. The summed E-state index contributed by atoms with van der Waals surface area (Å²) >= 11 is 0. The van der Waals surface area contributed by atoms with Gasteiger partial charge in [-0.1, -0.05) is 76.2 Å². The minimum atomic E-state index is -0.140. The fourth-order valence-corrected chi connectivity index (χ4v) is 2.09. The summed E-state index contributed by atoms with van der Waals surface area (Å²) in [5.74, 6) is -0.248. The first-order valence-electron chi connectivity index (χ1n) is 7.36. The van der Waals surface area contributed by atoms with Gasteiger partial charge in [0.25, 0.3) is 0 Å². The molecule has 0 saturated heterocycles. The van der Waals surface area contributed by atoms with Crippen molar-refractivity contribution >= 4 is 5.97 Å². The first-order valence-corrected chi connectivity index (χ1v) is 7.36. The third-order valence-corrected chi connectivity index (χ3v) is 3.26. The van der Waals surface area contributed by atoms with Crippen LogP contribution in [0.15, 0.2) is 24.3 Å². The Kier molecular flexibility index (Phi) is 8.28. The van der Waals surface area contributed by atoms with Crippen LogP contribution in [0, 0.1) is 5.92 Å². The minimum Gasteiger partial charge on any atom is -0.465 e. The van der Waals surface area contributed by atoms with Gasteiger partial charge in [0.05, 0.1) is 12.5 Å². The molecule has 0 bridgehead atoms. The third kappa shape index (κ3) is 6.63. The molecule has 0 amide bonds. The molecular formula is C16H26O2. The molecule has 0 N–H and O–H groups in total. The van der Waals surface area contributed by atoms with Crippen LogP contribution < -0.4 is 0 Å². The van der Waals surface area contributed by atoms with Gasteiger partial charge >= 0.3 is 5.97 Å². The van der Waals surface area contributed by atoms with E-state index in [1.165, 1.54) is 44.9 Å². The maximum Gasteiger partial charge on any atom is 0.316 e. The number of carbonyl (C=O) groups excluding carboxylic acids is 1. The molecule has 0 aliphatic heterocycles. The Morgan fingerprint density at radius 2 is 1.50 bits per heavy atom. The monoisotopic (exact) mass is 250 g/mol. The highest BCUT2D eigenvalue weighted by Gasteiger charge is 2.14. The molecule has 0 aromatic heterocycles. The molecule has 1 rings (SSSR count). The van der Waals surface area contributed by atoms with Gasteiger partial charge in [-0.25, -0.2) is 0 Å². The predicted molar refractivity (Wildman–Crippen MR) is 75.3 cm³/mol.